The van der Waals surface area contributed by atoms with Crippen LogP contribution in [0.15, 0.2) is 18.2 Å². The number of carboxylic acids is 1. The Morgan fingerprint density at radius 1 is 1.43 bits per heavy atom. The van der Waals surface area contributed by atoms with Crippen molar-refractivity contribution in [1.29, 1.82) is 0 Å². The Bertz CT molecular complexity index is 571. The lowest BCUT2D eigenvalue weighted by Crippen LogP contribution is -2.28. The smallest absolute Gasteiger partial charge is 0.326 e. The van der Waals surface area contributed by atoms with Crippen LogP contribution in [0.25, 0.3) is 0 Å². The number of hydrogen-bond donors (Lipinski definition) is 2. The number of carbonyl (C=O) groups excluding carboxylic acids is 1. The molecule has 21 heavy (non-hydrogen) atoms. The van der Waals surface area contributed by atoms with Gasteiger partial charge >= 0.3 is 5.97 Å². The van der Waals surface area contributed by atoms with E-state index in [0.717, 1.165) is 6.07 Å². The molecule has 8 nitrogen and oxygen atoms in total. The number of amides is 1. The number of aliphatic carboxylic acids is 1. The maximum atomic E-state index is 11.8. The molecule has 0 aromatic heterocycles. The van der Waals surface area contributed by atoms with Crippen molar-refractivity contribution in [1.82, 2.24) is 4.90 Å². The average molecular weight is 295 g/mol. The van der Waals surface area contributed by atoms with E-state index in [9.17, 15) is 19.7 Å². The Kier molecular flexibility index (Phi) is 5.23. The van der Waals surface area contributed by atoms with Gasteiger partial charge in [0.15, 0.2) is 0 Å². The van der Waals surface area contributed by atoms with Crippen molar-refractivity contribution in [3.8, 4) is 0 Å². The van der Waals surface area contributed by atoms with Gasteiger partial charge < -0.3 is 15.3 Å². The molecular weight excluding hydrogens is 278 g/mol. The number of nitro benzene ring substituents is 1. The van der Waals surface area contributed by atoms with Crippen molar-refractivity contribution in [2.75, 3.05) is 19.4 Å². The standard InChI is InChI=1S/C13H17N3O5/c1-4-9(13(18)19)14-10-6-5-8(12(17)15(2)3)7-11(10)16(20)21/h5-7,9,14H,4H2,1-3H3,(H,18,19). The first-order chi connectivity index (χ1) is 9.77. The van der Waals surface area contributed by atoms with Crippen LogP contribution in [0.3, 0.4) is 0 Å². The number of nitrogens with one attached hydrogen (secondary N) is 1. The minimum absolute atomic E-state index is 0.0737. The molecule has 1 atom stereocenters. The molecule has 0 saturated carbocycles. The Morgan fingerprint density at radius 3 is 2.48 bits per heavy atom. The summed E-state index contributed by atoms with van der Waals surface area (Å²) in [5, 5.41) is 22.7. The first-order valence-electron chi connectivity index (χ1n) is 6.27. The van der Waals surface area contributed by atoms with Crippen LogP contribution in [0.1, 0.15) is 23.7 Å². The molecule has 0 aliphatic carbocycles. The summed E-state index contributed by atoms with van der Waals surface area (Å²) in [6, 6.07) is 2.98. The zero-order valence-corrected chi connectivity index (χ0v) is 12.0. The highest BCUT2D eigenvalue weighted by molar-refractivity contribution is 5.95. The Labute approximate surface area is 121 Å². The fraction of sp³-hybridized carbons (Fsp3) is 0.385. The molecule has 8 heteroatoms. The van der Waals surface area contributed by atoms with E-state index in [1.807, 2.05) is 0 Å². The molecule has 0 fully saturated rings. The van der Waals surface area contributed by atoms with Crippen LogP contribution >= 0.6 is 0 Å². The molecule has 1 aromatic rings. The molecule has 0 saturated heterocycles. The van der Waals surface area contributed by atoms with E-state index in [-0.39, 0.29) is 29.3 Å². The number of carboxylic acid groups (broad SMARTS) is 1. The van der Waals surface area contributed by atoms with Crippen LogP contribution in [-0.4, -0.2) is 46.9 Å². The van der Waals surface area contributed by atoms with E-state index >= 15 is 0 Å². The van der Waals surface area contributed by atoms with Gasteiger partial charge in [-0.05, 0) is 18.6 Å². The lowest BCUT2D eigenvalue weighted by Gasteiger charge is -2.15. The average Bonchev–Trinajstić information content (AvgIpc) is 2.43. The number of benzene rings is 1. The van der Waals surface area contributed by atoms with E-state index in [1.165, 1.54) is 31.1 Å². The number of nitro groups is 1. The fourth-order valence-corrected chi connectivity index (χ4v) is 1.72. The number of carbonyl (C=O) groups is 2. The van der Waals surface area contributed by atoms with Gasteiger partial charge in [0.1, 0.15) is 11.7 Å². The van der Waals surface area contributed by atoms with Crippen LogP contribution in [-0.2, 0) is 4.79 Å². The summed E-state index contributed by atoms with van der Waals surface area (Å²) in [7, 11) is 3.08. The highest BCUT2D eigenvalue weighted by atomic mass is 16.6. The minimum Gasteiger partial charge on any atom is -0.480 e. The van der Waals surface area contributed by atoms with E-state index in [4.69, 9.17) is 5.11 Å². The quantitative estimate of drug-likeness (QED) is 0.608. The summed E-state index contributed by atoms with van der Waals surface area (Å²) in [5.41, 5.74) is -0.0902. The first-order valence-corrected chi connectivity index (χ1v) is 6.27. The van der Waals surface area contributed by atoms with Gasteiger partial charge in [0, 0.05) is 25.7 Å². The third-order valence-electron chi connectivity index (χ3n) is 2.88. The van der Waals surface area contributed by atoms with Gasteiger partial charge in [-0.1, -0.05) is 6.92 Å². The second-order valence-electron chi connectivity index (χ2n) is 4.63. The minimum atomic E-state index is -1.10. The molecule has 0 spiro atoms. The molecule has 1 aromatic carbocycles. The predicted octanol–water partition coefficient (Wildman–Crippen LogP) is 1.57. The summed E-state index contributed by atoms with van der Waals surface area (Å²) in [6.07, 6.45) is 0.269. The van der Waals surface area contributed by atoms with Crippen molar-refractivity contribution < 1.29 is 19.6 Å². The summed E-state index contributed by atoms with van der Waals surface area (Å²) < 4.78 is 0. The maximum absolute atomic E-state index is 11.8. The Hall–Kier alpha value is -2.64. The van der Waals surface area contributed by atoms with Crippen LogP contribution in [0.4, 0.5) is 11.4 Å². The highest BCUT2D eigenvalue weighted by Crippen LogP contribution is 2.27. The van der Waals surface area contributed by atoms with Gasteiger partial charge in [-0.3, -0.25) is 14.9 Å². The van der Waals surface area contributed by atoms with Gasteiger partial charge in [-0.2, -0.15) is 0 Å². The third-order valence-corrected chi connectivity index (χ3v) is 2.88. The third kappa shape index (κ3) is 3.91. The van der Waals surface area contributed by atoms with Crippen molar-refractivity contribution in [2.45, 2.75) is 19.4 Å². The molecule has 1 rings (SSSR count). The van der Waals surface area contributed by atoms with Crippen molar-refractivity contribution >= 4 is 23.3 Å². The van der Waals surface area contributed by atoms with Crippen LogP contribution < -0.4 is 5.32 Å². The molecule has 0 aliphatic heterocycles. The molecule has 0 aliphatic rings. The zero-order chi connectivity index (χ0) is 16.2. The number of rotatable bonds is 6. The van der Waals surface area contributed by atoms with Crippen LogP contribution in [0.2, 0.25) is 0 Å². The number of nitrogens with zero attached hydrogens (tertiary/aromatic N) is 2. The molecule has 0 heterocycles. The van der Waals surface area contributed by atoms with Gasteiger partial charge in [0.2, 0.25) is 0 Å². The summed E-state index contributed by atoms with van der Waals surface area (Å²) in [5.74, 6) is -1.46. The largest absolute Gasteiger partial charge is 0.480 e. The van der Waals surface area contributed by atoms with Gasteiger partial charge in [-0.25, -0.2) is 4.79 Å². The van der Waals surface area contributed by atoms with Crippen molar-refractivity contribution in [3.63, 3.8) is 0 Å². The second kappa shape index (κ2) is 6.69. The van der Waals surface area contributed by atoms with Gasteiger partial charge in [-0.15, -0.1) is 0 Å². The topological polar surface area (TPSA) is 113 Å². The maximum Gasteiger partial charge on any atom is 0.326 e. The zero-order valence-electron chi connectivity index (χ0n) is 12.0. The van der Waals surface area contributed by atoms with Crippen LogP contribution in [0.5, 0.6) is 0 Å². The van der Waals surface area contributed by atoms with Gasteiger partial charge in [0.25, 0.3) is 11.6 Å². The predicted molar refractivity (Wildman–Crippen MR) is 76.5 cm³/mol. The number of anilines is 1. The van der Waals surface area contributed by atoms with E-state index in [2.05, 4.69) is 5.32 Å². The highest BCUT2D eigenvalue weighted by Gasteiger charge is 2.22. The monoisotopic (exact) mass is 295 g/mol. The van der Waals surface area contributed by atoms with Gasteiger partial charge in [0.05, 0.1) is 4.92 Å². The van der Waals surface area contributed by atoms with E-state index in [0.29, 0.717) is 0 Å². The first kappa shape index (κ1) is 16.4. The SMILES string of the molecule is CCC(Nc1ccc(C(=O)N(C)C)cc1[N+](=O)[O-])C(=O)O. The Balaban J connectivity index is 3.19. The molecule has 0 radical (unpaired) electrons. The molecule has 1 unspecified atom stereocenters. The molecular formula is C13H17N3O5. The molecule has 114 valence electrons. The van der Waals surface area contributed by atoms with E-state index < -0.39 is 16.9 Å². The molecule has 2 N–H and O–H groups in total. The number of hydrogen-bond acceptors (Lipinski definition) is 5. The fourth-order valence-electron chi connectivity index (χ4n) is 1.72. The van der Waals surface area contributed by atoms with Crippen molar-refractivity contribution in [3.05, 3.63) is 33.9 Å². The lowest BCUT2D eigenvalue weighted by molar-refractivity contribution is -0.384. The van der Waals surface area contributed by atoms with Crippen molar-refractivity contribution in [2.24, 2.45) is 0 Å². The molecule has 0 bridgehead atoms. The van der Waals surface area contributed by atoms with Crippen LogP contribution in [0, 0.1) is 10.1 Å². The van der Waals surface area contributed by atoms with E-state index in [1.54, 1.807) is 6.92 Å². The summed E-state index contributed by atoms with van der Waals surface area (Å²) >= 11 is 0. The normalized spacial score (nSPS) is 11.6. The summed E-state index contributed by atoms with van der Waals surface area (Å²) in [6.45, 7) is 1.65. The Morgan fingerprint density at radius 2 is 2.05 bits per heavy atom. The second-order valence-corrected chi connectivity index (χ2v) is 4.63. The lowest BCUT2D eigenvalue weighted by atomic mass is 10.1. The summed E-state index contributed by atoms with van der Waals surface area (Å²) in [4.78, 5) is 34.5. The molecule has 1 amide bonds.